The van der Waals surface area contributed by atoms with Gasteiger partial charge in [0.15, 0.2) is 0 Å². The van der Waals surface area contributed by atoms with Crippen LogP contribution in [0.2, 0.25) is 0 Å². The molecule has 0 saturated carbocycles. The van der Waals surface area contributed by atoms with E-state index in [4.69, 9.17) is 13.8 Å². The van der Waals surface area contributed by atoms with Crippen LogP contribution in [-0.2, 0) is 37.3 Å². The normalized spacial score (nSPS) is 14.9. The molecule has 1 N–H and O–H groups in total. The largest absolute Gasteiger partial charge is 0.509 e. The summed E-state index contributed by atoms with van der Waals surface area (Å²) >= 11 is 0. The van der Waals surface area contributed by atoms with E-state index < -0.39 is 6.85 Å². The molecule has 396 valence electrons. The van der Waals surface area contributed by atoms with Gasteiger partial charge < -0.3 is 19.9 Å². The Labute approximate surface area is 486 Å². The van der Waals surface area contributed by atoms with Crippen molar-refractivity contribution < 1.29 is 29.9 Å². The number of rotatable bonds is 11. The molecule has 0 spiro atoms. The number of pyridine rings is 1. The topological polar surface area (TPSA) is 40.6 Å². The van der Waals surface area contributed by atoms with E-state index >= 15 is 0 Å². The van der Waals surface area contributed by atoms with Gasteiger partial charge in [-0.1, -0.05) is 200 Å². The smallest absolute Gasteiger partial charge is 0.130 e. The van der Waals surface area contributed by atoms with E-state index in [0.717, 1.165) is 85.8 Å². The number of ether oxygens (including phenoxy) is 1. The first kappa shape index (κ1) is 49.3. The summed E-state index contributed by atoms with van der Waals surface area (Å²) in [6, 6.07) is 78.3. The number of aromatic nitrogens is 1. The summed E-state index contributed by atoms with van der Waals surface area (Å²) in [7, 11) is 0. The van der Waals surface area contributed by atoms with Gasteiger partial charge in [-0.3, -0.25) is 0 Å². The minimum atomic E-state index is -2.39. The number of benzene rings is 9. The fourth-order valence-corrected chi connectivity index (χ4v) is 11.4. The molecular formula is C73H65N4OPt-3. The summed E-state index contributed by atoms with van der Waals surface area (Å²) in [4.78, 5) is 9.42. The van der Waals surface area contributed by atoms with Gasteiger partial charge in [-0.25, -0.2) is 4.98 Å². The summed E-state index contributed by atoms with van der Waals surface area (Å²) in [5.41, 5.74) is 18.6. The maximum atomic E-state index is 8.80. The quantitative estimate of drug-likeness (QED) is 0.131. The molecule has 5 nitrogen and oxygen atoms in total. The second-order valence-electron chi connectivity index (χ2n) is 23.0. The number of hydrogen-bond donors (Lipinski definition) is 1. The average Bonchev–Trinajstić information content (AvgIpc) is 3.24. The Morgan fingerprint density at radius 3 is 1.87 bits per heavy atom. The molecule has 2 aliphatic rings. The van der Waals surface area contributed by atoms with E-state index in [1.54, 1.807) is 12.3 Å². The molecule has 1 aliphatic heterocycles. The van der Waals surface area contributed by atoms with E-state index in [-0.39, 0.29) is 42.9 Å². The van der Waals surface area contributed by atoms with Crippen LogP contribution in [0.25, 0.3) is 55.6 Å². The Bertz CT molecular complexity index is 3950. The maximum absolute atomic E-state index is 8.80. The van der Waals surface area contributed by atoms with Gasteiger partial charge in [-0.05, 0) is 110 Å². The second-order valence-corrected chi connectivity index (χ2v) is 23.0. The van der Waals surface area contributed by atoms with Gasteiger partial charge >= 0.3 is 0 Å². The van der Waals surface area contributed by atoms with Crippen LogP contribution in [0.4, 0.5) is 34.3 Å². The van der Waals surface area contributed by atoms with Gasteiger partial charge in [0.1, 0.15) is 5.82 Å². The van der Waals surface area contributed by atoms with Crippen LogP contribution in [0.15, 0.2) is 212 Å². The van der Waals surface area contributed by atoms with E-state index in [1.165, 1.54) is 22.3 Å². The zero-order valence-electron chi connectivity index (χ0n) is 48.8. The first-order valence-electron chi connectivity index (χ1n) is 28.6. The Balaban J connectivity index is 0.00000705. The molecule has 0 amide bonds. The van der Waals surface area contributed by atoms with Crippen molar-refractivity contribution in [1.29, 1.82) is 0 Å². The van der Waals surface area contributed by atoms with E-state index in [1.807, 2.05) is 36.4 Å². The Hall–Kier alpha value is -7.98. The number of para-hydroxylation sites is 3. The fourth-order valence-electron chi connectivity index (χ4n) is 11.4. The zero-order valence-corrected chi connectivity index (χ0v) is 48.0. The number of anilines is 6. The van der Waals surface area contributed by atoms with Crippen LogP contribution >= 0.6 is 0 Å². The fraction of sp³-hybridized carbons (Fsp3) is 0.178. The van der Waals surface area contributed by atoms with Crippen LogP contribution in [0.1, 0.15) is 87.7 Å². The summed E-state index contributed by atoms with van der Waals surface area (Å²) in [6.45, 7) is 15.5. The second kappa shape index (κ2) is 21.3. The summed E-state index contributed by atoms with van der Waals surface area (Å²) in [6.07, 6.45) is 3.82. The molecule has 1 aliphatic carbocycles. The predicted molar refractivity (Wildman–Crippen MR) is 326 cm³/mol. The SMILES string of the molecule is [2H]C([2H])([2H])c1cc(Nc2ccc(C(C)(C)C)cc2-c2c[c-]c(Oc3[c-]c(N4[CH-]N(c5c(-c6ccccc6)cccc5-c5ccc(-c6ccccc6)cc5)c5ccccc54)ccc3)cc2)ncc1-c1cccc2c1C(C)(C)CCC2(C)C.[Pt]. The van der Waals surface area contributed by atoms with Crippen molar-refractivity contribution >= 4 is 34.3 Å². The third-order valence-electron chi connectivity index (χ3n) is 15.8. The molecule has 0 bridgehead atoms. The van der Waals surface area contributed by atoms with Crippen LogP contribution in [-0.4, -0.2) is 4.98 Å². The zero-order chi connectivity index (χ0) is 56.3. The summed E-state index contributed by atoms with van der Waals surface area (Å²) < 4.78 is 33.0. The summed E-state index contributed by atoms with van der Waals surface area (Å²) in [5.74, 6) is 1.54. The standard InChI is InChI=1S/C73H65N4O.Pt/c1-49-44-68(74-47-63(49)61-28-19-29-64-69(61)73(7,8)43-42-72(64,5)6)75-65-41-38-55(71(2,3)4)45-62(65)54-36-39-57(40-37-54)78-58-25-17-24-56(46-58)76-48-77(67-31-16-15-30-66(67)76)70-59(52-22-13-10-14-23-52)26-18-27-60(70)53-34-32-51(33-35-53)50-20-11-9-12-21-50;/h9-39,41,44-45,47-48H,42-43H2,1-8H3,(H,74,75);/q-3;/i1D3;. The molecular weight excluding hydrogens is 1140 g/mol. The molecule has 1 aromatic heterocycles. The van der Waals surface area contributed by atoms with Gasteiger partial charge in [0.05, 0.1) is 0 Å². The Morgan fingerprint density at radius 2 is 1.18 bits per heavy atom. The van der Waals surface area contributed by atoms with Crippen molar-refractivity contribution in [2.45, 2.75) is 84.4 Å². The van der Waals surface area contributed by atoms with Crippen molar-refractivity contribution in [1.82, 2.24) is 4.98 Å². The molecule has 0 saturated heterocycles. The number of aryl methyl sites for hydroxylation is 1. The molecule has 79 heavy (non-hydrogen) atoms. The van der Waals surface area contributed by atoms with Crippen molar-refractivity contribution in [3.63, 3.8) is 0 Å². The van der Waals surface area contributed by atoms with Gasteiger partial charge in [0.2, 0.25) is 0 Å². The number of hydrogen-bond acceptors (Lipinski definition) is 5. The van der Waals surface area contributed by atoms with Crippen LogP contribution in [0.5, 0.6) is 11.5 Å². The average molecular weight is 1210 g/mol. The van der Waals surface area contributed by atoms with Crippen molar-refractivity contribution in [3.05, 3.63) is 254 Å². The number of fused-ring (bicyclic) bond motifs is 2. The number of nitrogens with zero attached hydrogens (tertiary/aromatic N) is 3. The summed E-state index contributed by atoms with van der Waals surface area (Å²) in [5, 5.41) is 3.55. The van der Waals surface area contributed by atoms with Crippen molar-refractivity contribution in [3.8, 4) is 67.1 Å². The van der Waals surface area contributed by atoms with Crippen LogP contribution in [0, 0.1) is 25.7 Å². The molecule has 0 fully saturated rings. The Morgan fingerprint density at radius 1 is 0.570 bits per heavy atom. The third kappa shape index (κ3) is 10.5. The first-order chi connectivity index (χ1) is 38.9. The maximum Gasteiger partial charge on any atom is 0.130 e. The molecule has 0 unspecified atom stereocenters. The van der Waals surface area contributed by atoms with E-state index in [0.29, 0.717) is 22.9 Å². The minimum absolute atomic E-state index is 0. The number of nitrogens with one attached hydrogen (secondary N) is 1. The predicted octanol–water partition coefficient (Wildman–Crippen LogP) is 19.9. The van der Waals surface area contributed by atoms with Gasteiger partial charge in [-0.15, -0.1) is 48.3 Å². The van der Waals surface area contributed by atoms with Crippen molar-refractivity contribution in [2.75, 3.05) is 15.1 Å². The molecule has 0 radical (unpaired) electrons. The van der Waals surface area contributed by atoms with Crippen molar-refractivity contribution in [2.24, 2.45) is 0 Å². The van der Waals surface area contributed by atoms with Crippen LogP contribution in [0.3, 0.4) is 0 Å². The van der Waals surface area contributed by atoms with Gasteiger partial charge in [0.25, 0.3) is 0 Å². The van der Waals surface area contributed by atoms with E-state index in [2.05, 4.69) is 246 Å². The molecule has 10 aromatic rings. The molecule has 9 aromatic carbocycles. The molecule has 6 heteroatoms. The van der Waals surface area contributed by atoms with E-state index in [9.17, 15) is 0 Å². The molecule has 0 atom stereocenters. The van der Waals surface area contributed by atoms with Gasteiger partial charge in [0, 0.05) is 82.3 Å². The third-order valence-corrected chi connectivity index (χ3v) is 15.8. The minimum Gasteiger partial charge on any atom is -0.509 e. The van der Waals surface area contributed by atoms with Crippen LogP contribution < -0.4 is 19.9 Å². The molecule has 2 heterocycles. The first-order valence-corrected chi connectivity index (χ1v) is 27.1. The van der Waals surface area contributed by atoms with Gasteiger partial charge in [-0.2, -0.15) is 18.2 Å². The monoisotopic (exact) mass is 1210 g/mol. The molecule has 12 rings (SSSR count). The Kier molecular flexibility index (Phi) is 13.3.